The SMILES string of the molecule is CCCCCCCC1C=C(C2=CC(CCCCCCC)CC2)CC1. The van der Waals surface area contributed by atoms with Gasteiger partial charge in [-0.3, -0.25) is 0 Å². The third-order valence-electron chi connectivity index (χ3n) is 6.21. The summed E-state index contributed by atoms with van der Waals surface area (Å²) in [6.07, 6.45) is 28.1. The molecule has 0 bridgehead atoms. The first-order valence-corrected chi connectivity index (χ1v) is 11.2. The molecule has 0 saturated carbocycles. The fraction of sp³-hybridized carbons (Fsp3) is 0.833. The predicted molar refractivity (Wildman–Crippen MR) is 108 cm³/mol. The van der Waals surface area contributed by atoms with Gasteiger partial charge in [-0.1, -0.05) is 90.2 Å². The van der Waals surface area contributed by atoms with Crippen molar-refractivity contribution in [3.63, 3.8) is 0 Å². The standard InChI is InChI=1S/C24H42/c1-3-5-7-9-11-13-21-15-17-23(19-21)24-18-16-22(20-24)14-12-10-8-6-4-2/h19-22H,3-18H2,1-2H3. The Hall–Kier alpha value is -0.520. The van der Waals surface area contributed by atoms with Gasteiger partial charge in [0.1, 0.15) is 0 Å². The number of hydrogen-bond acceptors (Lipinski definition) is 0. The fourth-order valence-corrected chi connectivity index (χ4v) is 4.59. The van der Waals surface area contributed by atoms with Crippen LogP contribution >= 0.6 is 0 Å². The van der Waals surface area contributed by atoms with E-state index in [9.17, 15) is 0 Å². The Labute approximate surface area is 152 Å². The van der Waals surface area contributed by atoms with Crippen LogP contribution in [0.25, 0.3) is 0 Å². The molecule has 138 valence electrons. The Bertz CT molecular complexity index is 349. The van der Waals surface area contributed by atoms with E-state index in [2.05, 4.69) is 26.0 Å². The van der Waals surface area contributed by atoms with Gasteiger partial charge < -0.3 is 0 Å². The van der Waals surface area contributed by atoms with Gasteiger partial charge in [0.15, 0.2) is 0 Å². The second-order valence-corrected chi connectivity index (χ2v) is 8.39. The van der Waals surface area contributed by atoms with E-state index in [1.165, 1.54) is 103 Å². The molecule has 0 radical (unpaired) electrons. The van der Waals surface area contributed by atoms with Crippen LogP contribution in [0, 0.1) is 11.8 Å². The van der Waals surface area contributed by atoms with Gasteiger partial charge in [-0.15, -0.1) is 0 Å². The van der Waals surface area contributed by atoms with Gasteiger partial charge in [-0.2, -0.15) is 0 Å². The smallest absolute Gasteiger partial charge is 0.0224 e. The van der Waals surface area contributed by atoms with Crippen molar-refractivity contribution in [3.8, 4) is 0 Å². The maximum absolute atomic E-state index is 2.66. The zero-order chi connectivity index (χ0) is 17.0. The molecule has 0 aromatic rings. The Kier molecular flexibility index (Phi) is 9.85. The molecule has 2 rings (SSSR count). The summed E-state index contributed by atoms with van der Waals surface area (Å²) < 4.78 is 0. The van der Waals surface area contributed by atoms with Crippen molar-refractivity contribution < 1.29 is 0 Å². The van der Waals surface area contributed by atoms with Crippen LogP contribution in [-0.2, 0) is 0 Å². The maximum Gasteiger partial charge on any atom is -0.0224 e. The molecule has 0 heterocycles. The molecular formula is C24H42. The number of rotatable bonds is 13. The van der Waals surface area contributed by atoms with E-state index in [0.717, 1.165) is 11.8 Å². The average Bonchev–Trinajstić information content (AvgIpc) is 3.23. The zero-order valence-corrected chi connectivity index (χ0v) is 16.6. The number of allylic oxidation sites excluding steroid dienone is 4. The van der Waals surface area contributed by atoms with Crippen molar-refractivity contribution in [2.75, 3.05) is 0 Å². The van der Waals surface area contributed by atoms with E-state index >= 15 is 0 Å². The molecule has 0 nitrogen and oxygen atoms in total. The first kappa shape index (κ1) is 19.8. The summed E-state index contributed by atoms with van der Waals surface area (Å²) in [6.45, 7) is 4.61. The molecule has 0 heteroatoms. The average molecular weight is 331 g/mol. The molecule has 0 N–H and O–H groups in total. The second kappa shape index (κ2) is 11.9. The minimum atomic E-state index is 0.899. The Balaban J connectivity index is 1.64. The van der Waals surface area contributed by atoms with Gasteiger partial charge in [-0.05, 0) is 61.5 Å². The van der Waals surface area contributed by atoms with Gasteiger partial charge in [0.05, 0.1) is 0 Å². The van der Waals surface area contributed by atoms with Gasteiger partial charge in [0.2, 0.25) is 0 Å². The van der Waals surface area contributed by atoms with Crippen molar-refractivity contribution in [2.45, 2.75) is 117 Å². The number of unbranched alkanes of at least 4 members (excludes halogenated alkanes) is 8. The first-order valence-electron chi connectivity index (χ1n) is 11.2. The van der Waals surface area contributed by atoms with Crippen LogP contribution in [0.1, 0.15) is 117 Å². The summed E-state index contributed by atoms with van der Waals surface area (Å²) in [4.78, 5) is 0. The summed E-state index contributed by atoms with van der Waals surface area (Å²) in [5, 5.41) is 0. The molecule has 0 fully saturated rings. The quantitative estimate of drug-likeness (QED) is 0.297. The van der Waals surface area contributed by atoms with Crippen LogP contribution in [0.2, 0.25) is 0 Å². The van der Waals surface area contributed by atoms with E-state index in [1.807, 2.05) is 0 Å². The summed E-state index contributed by atoms with van der Waals surface area (Å²) in [6, 6.07) is 0. The highest BCUT2D eigenvalue weighted by Gasteiger charge is 2.22. The van der Waals surface area contributed by atoms with Gasteiger partial charge in [0.25, 0.3) is 0 Å². The Morgan fingerprint density at radius 1 is 0.625 bits per heavy atom. The van der Waals surface area contributed by atoms with Crippen molar-refractivity contribution in [1.82, 2.24) is 0 Å². The lowest BCUT2D eigenvalue weighted by molar-refractivity contribution is 0.516. The molecule has 2 unspecified atom stereocenters. The third kappa shape index (κ3) is 7.16. The molecule has 24 heavy (non-hydrogen) atoms. The lowest BCUT2D eigenvalue weighted by Gasteiger charge is -2.06. The van der Waals surface area contributed by atoms with Crippen LogP contribution < -0.4 is 0 Å². The van der Waals surface area contributed by atoms with E-state index in [4.69, 9.17) is 0 Å². The van der Waals surface area contributed by atoms with Gasteiger partial charge in [0, 0.05) is 0 Å². The van der Waals surface area contributed by atoms with Gasteiger partial charge in [-0.25, -0.2) is 0 Å². The van der Waals surface area contributed by atoms with Crippen LogP contribution in [-0.4, -0.2) is 0 Å². The molecule has 0 aromatic carbocycles. The summed E-state index contributed by atoms with van der Waals surface area (Å²) in [5.74, 6) is 1.80. The molecular weight excluding hydrogens is 288 g/mol. The largest absolute Gasteiger partial charge is 0.0779 e. The molecule has 0 spiro atoms. The lowest BCUT2D eigenvalue weighted by Crippen LogP contribution is -1.91. The summed E-state index contributed by atoms with van der Waals surface area (Å²) in [7, 11) is 0. The van der Waals surface area contributed by atoms with Crippen LogP contribution in [0.15, 0.2) is 23.3 Å². The molecule has 2 atom stereocenters. The minimum absolute atomic E-state index is 0.899. The molecule has 0 amide bonds. The van der Waals surface area contributed by atoms with Crippen molar-refractivity contribution in [1.29, 1.82) is 0 Å². The van der Waals surface area contributed by atoms with E-state index in [-0.39, 0.29) is 0 Å². The molecule has 0 saturated heterocycles. The van der Waals surface area contributed by atoms with Crippen molar-refractivity contribution in [2.24, 2.45) is 11.8 Å². The highest BCUT2D eigenvalue weighted by Crippen LogP contribution is 2.39. The fourth-order valence-electron chi connectivity index (χ4n) is 4.59. The molecule has 2 aliphatic carbocycles. The summed E-state index contributed by atoms with van der Waals surface area (Å²) >= 11 is 0. The van der Waals surface area contributed by atoms with E-state index in [0.29, 0.717) is 0 Å². The van der Waals surface area contributed by atoms with Crippen molar-refractivity contribution in [3.05, 3.63) is 23.3 Å². The topological polar surface area (TPSA) is 0 Å². The lowest BCUT2D eigenvalue weighted by atomic mass is 10.00. The minimum Gasteiger partial charge on any atom is -0.0779 e. The van der Waals surface area contributed by atoms with E-state index < -0.39 is 0 Å². The van der Waals surface area contributed by atoms with Crippen LogP contribution in [0.3, 0.4) is 0 Å². The van der Waals surface area contributed by atoms with Crippen LogP contribution in [0.5, 0.6) is 0 Å². The van der Waals surface area contributed by atoms with Gasteiger partial charge >= 0.3 is 0 Å². The predicted octanol–water partition coefficient (Wildman–Crippen LogP) is 8.38. The third-order valence-corrected chi connectivity index (χ3v) is 6.21. The molecule has 0 aromatic heterocycles. The van der Waals surface area contributed by atoms with Crippen LogP contribution in [0.4, 0.5) is 0 Å². The Morgan fingerprint density at radius 3 is 1.46 bits per heavy atom. The number of hydrogen-bond donors (Lipinski definition) is 0. The van der Waals surface area contributed by atoms with E-state index in [1.54, 1.807) is 11.1 Å². The van der Waals surface area contributed by atoms with Crippen molar-refractivity contribution >= 4 is 0 Å². The maximum atomic E-state index is 2.66. The molecule has 2 aliphatic rings. The Morgan fingerprint density at radius 2 is 1.04 bits per heavy atom. The highest BCUT2D eigenvalue weighted by atomic mass is 14.3. The monoisotopic (exact) mass is 330 g/mol. The second-order valence-electron chi connectivity index (χ2n) is 8.39. The normalized spacial score (nSPS) is 23.6. The first-order chi connectivity index (χ1) is 11.8. The molecule has 0 aliphatic heterocycles. The zero-order valence-electron chi connectivity index (χ0n) is 16.6. The summed E-state index contributed by atoms with van der Waals surface area (Å²) in [5.41, 5.74) is 3.48. The highest BCUT2D eigenvalue weighted by molar-refractivity contribution is 5.36.